The minimum absolute atomic E-state index is 0.377. The lowest BCUT2D eigenvalue weighted by Gasteiger charge is -2.20. The van der Waals surface area contributed by atoms with Gasteiger partial charge in [-0.05, 0) is 74.0 Å². The average molecular weight is 281 g/mol. The number of hydrogen-bond acceptors (Lipinski definition) is 1. The maximum Gasteiger partial charge on any atom is 0.0297 e. The first-order chi connectivity index (χ1) is 10.0. The third-order valence-corrected chi connectivity index (χ3v) is 4.26. The van der Waals surface area contributed by atoms with Gasteiger partial charge in [-0.15, -0.1) is 0 Å². The van der Waals surface area contributed by atoms with E-state index in [1.165, 1.54) is 33.4 Å². The van der Waals surface area contributed by atoms with Crippen LogP contribution in [0.25, 0.3) is 11.1 Å². The second-order valence-electron chi connectivity index (χ2n) is 6.01. The van der Waals surface area contributed by atoms with Gasteiger partial charge in [0.2, 0.25) is 0 Å². The molecular weight excluding hydrogens is 254 g/mol. The van der Waals surface area contributed by atoms with E-state index in [1.807, 2.05) is 0 Å². The third-order valence-electron chi connectivity index (χ3n) is 4.26. The SMILES string of the molecule is CCCNC(C)c1ccccc1-c1cc(C)c(C)cc1C. The van der Waals surface area contributed by atoms with Gasteiger partial charge in [0.1, 0.15) is 0 Å². The lowest BCUT2D eigenvalue weighted by Crippen LogP contribution is -2.19. The molecule has 0 saturated carbocycles. The molecule has 2 rings (SSSR count). The minimum atomic E-state index is 0.377. The summed E-state index contributed by atoms with van der Waals surface area (Å²) in [4.78, 5) is 0. The molecule has 0 amide bonds. The Balaban J connectivity index is 2.47. The highest BCUT2D eigenvalue weighted by atomic mass is 14.9. The van der Waals surface area contributed by atoms with Crippen molar-refractivity contribution in [3.63, 3.8) is 0 Å². The smallest absolute Gasteiger partial charge is 0.0297 e. The first-order valence-corrected chi connectivity index (χ1v) is 7.95. The van der Waals surface area contributed by atoms with Crippen molar-refractivity contribution in [2.45, 2.75) is 47.1 Å². The van der Waals surface area contributed by atoms with E-state index in [4.69, 9.17) is 0 Å². The number of rotatable bonds is 5. The summed E-state index contributed by atoms with van der Waals surface area (Å²) in [6.07, 6.45) is 1.16. The molecular formula is C20H27N. The Morgan fingerprint density at radius 3 is 2.29 bits per heavy atom. The standard InChI is InChI=1S/C20H27N/c1-6-11-21-17(5)18-9-7-8-10-19(18)20-13-15(3)14(2)12-16(20)4/h7-10,12-13,17,21H,6,11H2,1-5H3. The molecule has 21 heavy (non-hydrogen) atoms. The van der Waals surface area contributed by atoms with Gasteiger partial charge in [-0.2, -0.15) is 0 Å². The van der Waals surface area contributed by atoms with Crippen molar-refractivity contribution >= 4 is 0 Å². The summed E-state index contributed by atoms with van der Waals surface area (Å²) < 4.78 is 0. The van der Waals surface area contributed by atoms with E-state index in [1.54, 1.807) is 0 Å². The van der Waals surface area contributed by atoms with Gasteiger partial charge in [-0.3, -0.25) is 0 Å². The van der Waals surface area contributed by atoms with E-state index in [2.05, 4.69) is 76.3 Å². The summed E-state index contributed by atoms with van der Waals surface area (Å²) >= 11 is 0. The monoisotopic (exact) mass is 281 g/mol. The molecule has 1 nitrogen and oxygen atoms in total. The van der Waals surface area contributed by atoms with Crippen LogP contribution in [0.3, 0.4) is 0 Å². The molecule has 0 aliphatic rings. The first-order valence-electron chi connectivity index (χ1n) is 7.95. The second kappa shape index (κ2) is 6.91. The molecule has 1 N–H and O–H groups in total. The highest BCUT2D eigenvalue weighted by molar-refractivity contribution is 5.72. The number of aryl methyl sites for hydroxylation is 3. The Kier molecular flexibility index (Phi) is 5.19. The third kappa shape index (κ3) is 3.54. The minimum Gasteiger partial charge on any atom is -0.310 e. The predicted molar refractivity (Wildman–Crippen MR) is 92.8 cm³/mol. The van der Waals surface area contributed by atoms with Gasteiger partial charge in [0.05, 0.1) is 0 Å². The van der Waals surface area contributed by atoms with Crippen LogP contribution in [0.15, 0.2) is 36.4 Å². The second-order valence-corrected chi connectivity index (χ2v) is 6.01. The van der Waals surface area contributed by atoms with Crippen molar-refractivity contribution < 1.29 is 0 Å². The highest BCUT2D eigenvalue weighted by Gasteiger charge is 2.13. The van der Waals surface area contributed by atoms with E-state index < -0.39 is 0 Å². The molecule has 1 atom stereocenters. The Labute approximate surface area is 129 Å². The van der Waals surface area contributed by atoms with Gasteiger partial charge in [-0.25, -0.2) is 0 Å². The zero-order valence-electron chi connectivity index (χ0n) is 14.0. The van der Waals surface area contributed by atoms with E-state index in [0.29, 0.717) is 6.04 Å². The van der Waals surface area contributed by atoms with E-state index >= 15 is 0 Å². The van der Waals surface area contributed by atoms with Crippen molar-refractivity contribution in [1.29, 1.82) is 0 Å². The normalized spacial score (nSPS) is 12.4. The van der Waals surface area contributed by atoms with Crippen molar-refractivity contribution in [3.05, 3.63) is 58.7 Å². The van der Waals surface area contributed by atoms with Crippen LogP contribution in [-0.4, -0.2) is 6.54 Å². The van der Waals surface area contributed by atoms with Crippen molar-refractivity contribution in [2.24, 2.45) is 0 Å². The van der Waals surface area contributed by atoms with Gasteiger partial charge in [0.15, 0.2) is 0 Å². The Morgan fingerprint density at radius 1 is 0.905 bits per heavy atom. The molecule has 0 aromatic heterocycles. The molecule has 0 bridgehead atoms. The summed E-state index contributed by atoms with van der Waals surface area (Å²) in [6.45, 7) is 12.1. The summed E-state index contributed by atoms with van der Waals surface area (Å²) in [6, 6.07) is 13.8. The van der Waals surface area contributed by atoms with Crippen molar-refractivity contribution in [2.75, 3.05) is 6.54 Å². The Hall–Kier alpha value is -1.60. The van der Waals surface area contributed by atoms with Crippen LogP contribution >= 0.6 is 0 Å². The first kappa shape index (κ1) is 15.8. The van der Waals surface area contributed by atoms with Gasteiger partial charge >= 0.3 is 0 Å². The molecule has 2 aromatic rings. The van der Waals surface area contributed by atoms with Crippen LogP contribution in [0.4, 0.5) is 0 Å². The number of hydrogen-bond donors (Lipinski definition) is 1. The number of benzene rings is 2. The maximum absolute atomic E-state index is 3.60. The van der Waals surface area contributed by atoms with Gasteiger partial charge < -0.3 is 5.32 Å². The quantitative estimate of drug-likeness (QED) is 0.780. The lowest BCUT2D eigenvalue weighted by atomic mass is 9.90. The van der Waals surface area contributed by atoms with Crippen LogP contribution in [-0.2, 0) is 0 Å². The van der Waals surface area contributed by atoms with E-state index in [9.17, 15) is 0 Å². The molecule has 0 fully saturated rings. The molecule has 0 heterocycles. The van der Waals surface area contributed by atoms with Crippen LogP contribution < -0.4 is 5.32 Å². The van der Waals surface area contributed by atoms with Gasteiger partial charge in [0, 0.05) is 6.04 Å². The summed E-state index contributed by atoms with van der Waals surface area (Å²) in [5.41, 5.74) is 8.18. The molecule has 0 aliphatic heterocycles. The van der Waals surface area contributed by atoms with E-state index in [0.717, 1.165) is 13.0 Å². The fraction of sp³-hybridized carbons (Fsp3) is 0.400. The molecule has 0 aliphatic carbocycles. The Morgan fingerprint density at radius 2 is 1.57 bits per heavy atom. The van der Waals surface area contributed by atoms with Gasteiger partial charge in [-0.1, -0.05) is 43.3 Å². The van der Waals surface area contributed by atoms with Crippen LogP contribution in [0, 0.1) is 20.8 Å². The van der Waals surface area contributed by atoms with Crippen LogP contribution in [0.1, 0.15) is 48.6 Å². The van der Waals surface area contributed by atoms with Gasteiger partial charge in [0.25, 0.3) is 0 Å². The van der Waals surface area contributed by atoms with Crippen molar-refractivity contribution in [3.8, 4) is 11.1 Å². The van der Waals surface area contributed by atoms with E-state index in [-0.39, 0.29) is 0 Å². The molecule has 1 unspecified atom stereocenters. The highest BCUT2D eigenvalue weighted by Crippen LogP contribution is 2.32. The largest absolute Gasteiger partial charge is 0.310 e. The lowest BCUT2D eigenvalue weighted by molar-refractivity contribution is 0.571. The molecule has 0 saturated heterocycles. The predicted octanol–water partition coefficient (Wildman–Crippen LogP) is 5.34. The summed E-state index contributed by atoms with van der Waals surface area (Å²) in [7, 11) is 0. The fourth-order valence-corrected chi connectivity index (χ4v) is 2.84. The summed E-state index contributed by atoms with van der Waals surface area (Å²) in [5, 5.41) is 3.60. The Bertz CT molecular complexity index is 613. The fourth-order valence-electron chi connectivity index (χ4n) is 2.84. The molecule has 0 radical (unpaired) electrons. The summed E-state index contributed by atoms with van der Waals surface area (Å²) in [5.74, 6) is 0. The zero-order valence-corrected chi connectivity index (χ0v) is 14.0. The topological polar surface area (TPSA) is 12.0 Å². The van der Waals surface area contributed by atoms with Crippen LogP contribution in [0.2, 0.25) is 0 Å². The maximum atomic E-state index is 3.60. The molecule has 112 valence electrons. The average Bonchev–Trinajstić information content (AvgIpc) is 2.48. The molecule has 2 aromatic carbocycles. The molecule has 1 heteroatoms. The molecule has 0 spiro atoms. The number of nitrogens with one attached hydrogen (secondary N) is 1. The van der Waals surface area contributed by atoms with Crippen molar-refractivity contribution in [1.82, 2.24) is 5.32 Å². The van der Waals surface area contributed by atoms with Crippen LogP contribution in [0.5, 0.6) is 0 Å². The zero-order chi connectivity index (χ0) is 15.4.